The topological polar surface area (TPSA) is 80.1 Å². The average Bonchev–Trinajstić information content (AvgIpc) is 3.23. The minimum absolute atomic E-state index is 0.0238. The summed E-state index contributed by atoms with van der Waals surface area (Å²) in [6.07, 6.45) is 6.20. The second-order valence-electron chi connectivity index (χ2n) is 7.38. The summed E-state index contributed by atoms with van der Waals surface area (Å²) in [6.45, 7) is 3.32. The molecule has 136 valence electrons. The molecule has 1 aliphatic carbocycles. The molecule has 2 aliphatic rings. The van der Waals surface area contributed by atoms with Crippen LogP contribution in [0, 0.1) is 5.41 Å². The number of carbonyl (C=O) groups excluding carboxylic acids is 2. The van der Waals surface area contributed by atoms with Crippen LogP contribution in [0.5, 0.6) is 0 Å². The van der Waals surface area contributed by atoms with E-state index in [1.165, 1.54) is 23.8 Å². The lowest BCUT2D eigenvalue weighted by Crippen LogP contribution is -2.49. The maximum atomic E-state index is 12.6. The molecule has 1 saturated carbocycles. The number of para-hydroxylation sites is 1. The van der Waals surface area contributed by atoms with Gasteiger partial charge in [-0.3, -0.25) is 9.59 Å². The Kier molecular flexibility index (Phi) is 4.22. The second kappa shape index (κ2) is 6.55. The highest BCUT2D eigenvalue weighted by Gasteiger charge is 2.45. The summed E-state index contributed by atoms with van der Waals surface area (Å²) < 4.78 is 0. The Balaban J connectivity index is 1.35. The lowest BCUT2D eigenvalue weighted by Gasteiger charge is -2.33. The van der Waals surface area contributed by atoms with Crippen LogP contribution in [0.4, 0.5) is 0 Å². The maximum absolute atomic E-state index is 12.6. The van der Waals surface area contributed by atoms with Crippen molar-refractivity contribution in [2.45, 2.75) is 38.6 Å². The molecule has 1 spiro atoms. The van der Waals surface area contributed by atoms with E-state index in [0.29, 0.717) is 5.41 Å². The maximum Gasteiger partial charge on any atom is 0.274 e. The Morgan fingerprint density at radius 1 is 1.12 bits per heavy atom. The molecular formula is C19H23N5O2. The second-order valence-corrected chi connectivity index (χ2v) is 7.38. The molecule has 1 aliphatic heterocycles. The van der Waals surface area contributed by atoms with Gasteiger partial charge in [0, 0.05) is 13.1 Å². The van der Waals surface area contributed by atoms with E-state index in [1.54, 1.807) is 6.92 Å². The zero-order chi connectivity index (χ0) is 18.1. The Hall–Kier alpha value is -2.70. The third-order valence-corrected chi connectivity index (χ3v) is 5.52. The molecule has 1 N–H and O–H groups in total. The average molecular weight is 353 g/mol. The van der Waals surface area contributed by atoms with Crippen molar-refractivity contribution in [3.8, 4) is 5.69 Å². The molecule has 1 saturated heterocycles. The van der Waals surface area contributed by atoms with Gasteiger partial charge in [-0.2, -0.15) is 9.90 Å². The predicted molar refractivity (Wildman–Crippen MR) is 95.8 cm³/mol. The van der Waals surface area contributed by atoms with Crippen molar-refractivity contribution >= 4 is 11.8 Å². The van der Waals surface area contributed by atoms with Gasteiger partial charge < -0.3 is 10.2 Å². The third kappa shape index (κ3) is 3.34. The monoisotopic (exact) mass is 353 g/mol. The number of nitrogens with zero attached hydrogens (tertiary/aromatic N) is 4. The van der Waals surface area contributed by atoms with Gasteiger partial charge in [-0.1, -0.05) is 18.2 Å². The van der Waals surface area contributed by atoms with E-state index in [0.717, 1.165) is 31.6 Å². The molecule has 2 aromatic rings. The molecule has 2 amide bonds. The van der Waals surface area contributed by atoms with Gasteiger partial charge in [-0.05, 0) is 50.2 Å². The summed E-state index contributed by atoms with van der Waals surface area (Å²) in [7, 11) is 0. The molecule has 26 heavy (non-hydrogen) atoms. The fraction of sp³-hybridized carbons (Fsp3) is 0.474. The number of benzene rings is 1. The minimum atomic E-state index is -0.572. The van der Waals surface area contributed by atoms with Gasteiger partial charge in [0.2, 0.25) is 5.91 Å². The summed E-state index contributed by atoms with van der Waals surface area (Å²) in [5.41, 5.74) is 1.50. The van der Waals surface area contributed by atoms with E-state index < -0.39 is 6.04 Å². The van der Waals surface area contributed by atoms with Crippen molar-refractivity contribution in [2.75, 3.05) is 13.1 Å². The van der Waals surface area contributed by atoms with Crippen LogP contribution in [-0.2, 0) is 4.79 Å². The third-order valence-electron chi connectivity index (χ3n) is 5.52. The van der Waals surface area contributed by atoms with Gasteiger partial charge in [0.1, 0.15) is 6.04 Å². The molecule has 4 rings (SSSR count). The number of rotatable bonds is 4. The number of carbonyl (C=O) groups is 2. The first kappa shape index (κ1) is 16.8. The molecule has 7 heteroatoms. The fourth-order valence-electron chi connectivity index (χ4n) is 3.54. The van der Waals surface area contributed by atoms with Crippen LogP contribution in [0.3, 0.4) is 0 Å². The van der Waals surface area contributed by atoms with E-state index in [1.807, 2.05) is 35.2 Å². The van der Waals surface area contributed by atoms with Crippen LogP contribution >= 0.6 is 0 Å². The minimum Gasteiger partial charge on any atom is -0.341 e. The zero-order valence-electron chi connectivity index (χ0n) is 14.9. The molecule has 1 atom stereocenters. The highest BCUT2D eigenvalue weighted by molar-refractivity contribution is 5.95. The number of aromatic nitrogens is 3. The van der Waals surface area contributed by atoms with E-state index >= 15 is 0 Å². The van der Waals surface area contributed by atoms with Crippen LogP contribution in [-0.4, -0.2) is 50.8 Å². The molecule has 1 aromatic carbocycles. The van der Waals surface area contributed by atoms with E-state index in [9.17, 15) is 9.59 Å². The number of hydrogen-bond donors (Lipinski definition) is 1. The van der Waals surface area contributed by atoms with Crippen LogP contribution in [0.2, 0.25) is 0 Å². The van der Waals surface area contributed by atoms with Crippen molar-refractivity contribution in [1.82, 2.24) is 25.2 Å². The van der Waals surface area contributed by atoms with Crippen LogP contribution in [0.1, 0.15) is 43.1 Å². The number of likely N-dealkylation sites (tertiary alicyclic amines) is 1. The van der Waals surface area contributed by atoms with E-state index in [-0.39, 0.29) is 17.5 Å². The smallest absolute Gasteiger partial charge is 0.274 e. The Morgan fingerprint density at radius 2 is 1.81 bits per heavy atom. The standard InChI is InChI=1S/C19H23N5O2/c1-14(18(26)23-11-9-19(7-8-19)10-12-23)21-17(25)16-13-20-24(22-16)15-5-3-2-4-6-15/h2-6,13-14H,7-12H2,1H3,(H,21,25). The largest absolute Gasteiger partial charge is 0.341 e. The number of piperidine rings is 1. The Labute approximate surface area is 152 Å². The molecular weight excluding hydrogens is 330 g/mol. The molecule has 2 fully saturated rings. The Morgan fingerprint density at radius 3 is 2.46 bits per heavy atom. The van der Waals surface area contributed by atoms with Crippen molar-refractivity contribution in [3.05, 3.63) is 42.2 Å². The first-order valence-electron chi connectivity index (χ1n) is 9.14. The van der Waals surface area contributed by atoms with Crippen molar-refractivity contribution in [2.24, 2.45) is 5.41 Å². The van der Waals surface area contributed by atoms with Crippen molar-refractivity contribution in [1.29, 1.82) is 0 Å². The van der Waals surface area contributed by atoms with Crippen LogP contribution in [0.25, 0.3) is 5.69 Å². The number of hydrogen-bond acceptors (Lipinski definition) is 4. The highest BCUT2D eigenvalue weighted by Crippen LogP contribution is 2.53. The van der Waals surface area contributed by atoms with Crippen LogP contribution in [0.15, 0.2) is 36.5 Å². The molecule has 0 bridgehead atoms. The van der Waals surface area contributed by atoms with Gasteiger partial charge in [0.25, 0.3) is 5.91 Å². The van der Waals surface area contributed by atoms with E-state index in [4.69, 9.17) is 0 Å². The van der Waals surface area contributed by atoms with Gasteiger partial charge >= 0.3 is 0 Å². The normalized spacial score (nSPS) is 19.2. The summed E-state index contributed by atoms with van der Waals surface area (Å²) in [5, 5.41) is 11.1. The van der Waals surface area contributed by atoms with Crippen LogP contribution < -0.4 is 5.32 Å². The molecule has 1 aromatic heterocycles. The Bertz CT molecular complexity index is 802. The van der Waals surface area contributed by atoms with Gasteiger partial charge in [-0.15, -0.1) is 5.10 Å². The summed E-state index contributed by atoms with van der Waals surface area (Å²) in [6, 6.07) is 8.80. The predicted octanol–water partition coefficient (Wildman–Crippen LogP) is 1.79. The quantitative estimate of drug-likeness (QED) is 0.909. The van der Waals surface area contributed by atoms with Crippen molar-refractivity contribution < 1.29 is 9.59 Å². The number of nitrogens with one attached hydrogen (secondary N) is 1. The molecule has 7 nitrogen and oxygen atoms in total. The van der Waals surface area contributed by atoms with Gasteiger partial charge in [-0.25, -0.2) is 0 Å². The SMILES string of the molecule is CC(NC(=O)c1cnn(-c2ccccc2)n1)C(=O)N1CCC2(CC1)CC2. The van der Waals surface area contributed by atoms with E-state index in [2.05, 4.69) is 15.5 Å². The molecule has 0 radical (unpaired) electrons. The van der Waals surface area contributed by atoms with Gasteiger partial charge in [0.05, 0.1) is 11.9 Å². The van der Waals surface area contributed by atoms with Gasteiger partial charge in [0.15, 0.2) is 5.69 Å². The summed E-state index contributed by atoms with van der Waals surface area (Å²) in [4.78, 5) is 28.3. The molecule has 1 unspecified atom stereocenters. The molecule has 2 heterocycles. The lowest BCUT2D eigenvalue weighted by molar-refractivity contribution is -0.134. The fourth-order valence-corrected chi connectivity index (χ4v) is 3.54. The lowest BCUT2D eigenvalue weighted by atomic mass is 9.93. The zero-order valence-corrected chi connectivity index (χ0v) is 14.9. The highest BCUT2D eigenvalue weighted by atomic mass is 16.2. The number of amides is 2. The van der Waals surface area contributed by atoms with Crippen molar-refractivity contribution in [3.63, 3.8) is 0 Å². The summed E-state index contributed by atoms with van der Waals surface area (Å²) in [5.74, 6) is -0.409. The first-order valence-corrected chi connectivity index (χ1v) is 9.14. The summed E-state index contributed by atoms with van der Waals surface area (Å²) >= 11 is 0. The first-order chi connectivity index (χ1) is 12.6.